The monoisotopic (exact) mass is 270 g/mol. The van der Waals surface area contributed by atoms with Gasteiger partial charge in [0, 0.05) is 5.92 Å². The molecule has 1 aromatic carbocycles. The average molecular weight is 271 g/mol. The van der Waals surface area contributed by atoms with E-state index in [9.17, 15) is 4.79 Å². The molecule has 2 atom stereocenters. The Kier molecular flexibility index (Phi) is 4.82. The Morgan fingerprint density at radius 3 is 2.53 bits per heavy atom. The zero-order valence-electron chi connectivity index (χ0n) is 8.94. The number of ether oxygens (including phenoxy) is 1. The maximum absolute atomic E-state index is 11.5. The number of halogens is 1. The van der Waals surface area contributed by atoms with Crippen LogP contribution in [0.1, 0.15) is 25.3 Å². The molecule has 82 valence electrons. The summed E-state index contributed by atoms with van der Waals surface area (Å²) in [5.41, 5.74) is 1.13. The van der Waals surface area contributed by atoms with Gasteiger partial charge in [0.25, 0.3) is 0 Å². The second-order valence-corrected chi connectivity index (χ2v) is 4.34. The van der Waals surface area contributed by atoms with Gasteiger partial charge in [-0.05, 0) is 12.5 Å². The second kappa shape index (κ2) is 5.91. The second-order valence-electron chi connectivity index (χ2n) is 3.35. The fourth-order valence-electron chi connectivity index (χ4n) is 1.35. The van der Waals surface area contributed by atoms with E-state index in [1.165, 1.54) is 0 Å². The summed E-state index contributed by atoms with van der Waals surface area (Å²) in [6, 6.07) is 9.92. The first-order chi connectivity index (χ1) is 7.16. The van der Waals surface area contributed by atoms with E-state index in [1.807, 2.05) is 44.2 Å². The van der Waals surface area contributed by atoms with Crippen LogP contribution in [0.2, 0.25) is 0 Å². The summed E-state index contributed by atoms with van der Waals surface area (Å²) in [5.74, 6) is -0.0842. The summed E-state index contributed by atoms with van der Waals surface area (Å²) in [7, 11) is 0. The van der Waals surface area contributed by atoms with Gasteiger partial charge in [0.15, 0.2) is 0 Å². The van der Waals surface area contributed by atoms with Crippen LogP contribution in [0.15, 0.2) is 30.3 Å². The highest BCUT2D eigenvalue weighted by Crippen LogP contribution is 2.25. The molecule has 0 heterocycles. The Bertz CT molecular complexity index is 311. The Labute approximate surface area is 98.8 Å². The predicted octanol–water partition coefficient (Wildman–Crippen LogP) is 3.12. The molecule has 0 N–H and O–H groups in total. The Balaban J connectivity index is 2.68. The standard InChI is InChI=1S/C12H15BrO2/c1-3-15-12(14)11(13)9(2)10-7-5-4-6-8-10/h4-9,11H,3H2,1-2H3. The molecule has 0 aliphatic heterocycles. The molecule has 0 fully saturated rings. The summed E-state index contributed by atoms with van der Waals surface area (Å²) in [6.45, 7) is 4.24. The van der Waals surface area contributed by atoms with Gasteiger partial charge in [-0.15, -0.1) is 0 Å². The molecule has 2 unspecified atom stereocenters. The third-order valence-corrected chi connectivity index (χ3v) is 3.44. The number of esters is 1. The van der Waals surface area contributed by atoms with Gasteiger partial charge in [0.1, 0.15) is 4.83 Å². The van der Waals surface area contributed by atoms with E-state index in [2.05, 4.69) is 15.9 Å². The van der Waals surface area contributed by atoms with Crippen molar-refractivity contribution in [3.05, 3.63) is 35.9 Å². The molecule has 0 aliphatic carbocycles. The lowest BCUT2D eigenvalue weighted by atomic mass is 9.98. The molecule has 0 aliphatic rings. The molecular weight excluding hydrogens is 256 g/mol. The smallest absolute Gasteiger partial charge is 0.320 e. The topological polar surface area (TPSA) is 26.3 Å². The van der Waals surface area contributed by atoms with Crippen LogP contribution in [-0.2, 0) is 9.53 Å². The molecule has 2 nitrogen and oxygen atoms in total. The number of benzene rings is 1. The third-order valence-electron chi connectivity index (χ3n) is 2.28. The van der Waals surface area contributed by atoms with Crippen molar-refractivity contribution in [2.45, 2.75) is 24.6 Å². The summed E-state index contributed by atoms with van der Waals surface area (Å²) in [6.07, 6.45) is 0. The van der Waals surface area contributed by atoms with Gasteiger partial charge in [-0.2, -0.15) is 0 Å². The Hall–Kier alpha value is -0.830. The Morgan fingerprint density at radius 2 is 2.00 bits per heavy atom. The first-order valence-electron chi connectivity index (χ1n) is 5.02. The molecule has 0 aromatic heterocycles. The first-order valence-corrected chi connectivity index (χ1v) is 5.94. The van der Waals surface area contributed by atoms with E-state index in [0.29, 0.717) is 6.61 Å². The van der Waals surface area contributed by atoms with E-state index in [4.69, 9.17) is 4.74 Å². The van der Waals surface area contributed by atoms with Crippen LogP contribution in [0.5, 0.6) is 0 Å². The van der Waals surface area contributed by atoms with Gasteiger partial charge in [-0.25, -0.2) is 0 Å². The highest BCUT2D eigenvalue weighted by molar-refractivity contribution is 9.10. The van der Waals surface area contributed by atoms with E-state index < -0.39 is 0 Å². The van der Waals surface area contributed by atoms with Crippen molar-refractivity contribution in [1.29, 1.82) is 0 Å². The molecular formula is C12H15BrO2. The molecule has 1 aromatic rings. The number of rotatable bonds is 4. The van der Waals surface area contributed by atoms with Crippen LogP contribution in [0.25, 0.3) is 0 Å². The quantitative estimate of drug-likeness (QED) is 0.621. The predicted molar refractivity (Wildman–Crippen MR) is 64.2 cm³/mol. The molecule has 1 rings (SSSR count). The van der Waals surface area contributed by atoms with Crippen molar-refractivity contribution >= 4 is 21.9 Å². The lowest BCUT2D eigenvalue weighted by Gasteiger charge is -2.17. The van der Waals surface area contributed by atoms with Gasteiger partial charge in [-0.1, -0.05) is 53.2 Å². The van der Waals surface area contributed by atoms with Crippen LogP contribution in [-0.4, -0.2) is 17.4 Å². The van der Waals surface area contributed by atoms with Gasteiger partial charge >= 0.3 is 5.97 Å². The molecule has 0 amide bonds. The zero-order chi connectivity index (χ0) is 11.3. The van der Waals surface area contributed by atoms with Crippen LogP contribution in [0.3, 0.4) is 0 Å². The number of carbonyl (C=O) groups excluding carboxylic acids is 1. The minimum Gasteiger partial charge on any atom is -0.465 e. The van der Waals surface area contributed by atoms with Crippen molar-refractivity contribution in [3.63, 3.8) is 0 Å². The molecule has 15 heavy (non-hydrogen) atoms. The first kappa shape index (κ1) is 12.2. The van der Waals surface area contributed by atoms with E-state index in [-0.39, 0.29) is 16.7 Å². The lowest BCUT2D eigenvalue weighted by molar-refractivity contribution is -0.142. The summed E-state index contributed by atoms with van der Waals surface area (Å²) in [4.78, 5) is 11.2. The molecule has 0 bridgehead atoms. The number of hydrogen-bond donors (Lipinski definition) is 0. The van der Waals surface area contributed by atoms with Crippen molar-refractivity contribution in [2.75, 3.05) is 6.61 Å². The van der Waals surface area contributed by atoms with E-state index >= 15 is 0 Å². The van der Waals surface area contributed by atoms with E-state index in [1.54, 1.807) is 0 Å². The van der Waals surface area contributed by atoms with E-state index in [0.717, 1.165) is 5.56 Å². The maximum atomic E-state index is 11.5. The molecule has 3 heteroatoms. The van der Waals surface area contributed by atoms with Gasteiger partial charge in [0.2, 0.25) is 0 Å². The normalized spacial score (nSPS) is 14.3. The third kappa shape index (κ3) is 3.34. The minimum absolute atomic E-state index is 0.116. The van der Waals surface area contributed by atoms with Crippen LogP contribution >= 0.6 is 15.9 Å². The van der Waals surface area contributed by atoms with Crippen LogP contribution in [0, 0.1) is 0 Å². The fourth-order valence-corrected chi connectivity index (χ4v) is 1.79. The van der Waals surface area contributed by atoms with Crippen molar-refractivity contribution in [1.82, 2.24) is 0 Å². The number of alkyl halides is 1. The van der Waals surface area contributed by atoms with Gasteiger partial charge in [-0.3, -0.25) is 4.79 Å². The largest absolute Gasteiger partial charge is 0.465 e. The number of carbonyl (C=O) groups is 1. The maximum Gasteiger partial charge on any atom is 0.320 e. The lowest BCUT2D eigenvalue weighted by Crippen LogP contribution is -2.23. The Morgan fingerprint density at radius 1 is 1.40 bits per heavy atom. The van der Waals surface area contributed by atoms with Gasteiger partial charge in [0.05, 0.1) is 6.61 Å². The SMILES string of the molecule is CCOC(=O)C(Br)C(C)c1ccccc1. The average Bonchev–Trinajstić information content (AvgIpc) is 2.28. The minimum atomic E-state index is -0.278. The van der Waals surface area contributed by atoms with Crippen LogP contribution in [0.4, 0.5) is 0 Å². The highest BCUT2D eigenvalue weighted by atomic mass is 79.9. The van der Waals surface area contributed by atoms with Gasteiger partial charge < -0.3 is 4.74 Å². The zero-order valence-corrected chi connectivity index (χ0v) is 10.5. The summed E-state index contributed by atoms with van der Waals surface area (Å²) >= 11 is 3.37. The van der Waals surface area contributed by atoms with Crippen molar-refractivity contribution < 1.29 is 9.53 Å². The van der Waals surface area contributed by atoms with Crippen LogP contribution < -0.4 is 0 Å². The molecule has 0 radical (unpaired) electrons. The highest BCUT2D eigenvalue weighted by Gasteiger charge is 2.24. The molecule has 0 saturated heterocycles. The molecule has 0 spiro atoms. The number of hydrogen-bond acceptors (Lipinski definition) is 2. The fraction of sp³-hybridized carbons (Fsp3) is 0.417. The van der Waals surface area contributed by atoms with Crippen molar-refractivity contribution in [3.8, 4) is 0 Å². The summed E-state index contributed by atoms with van der Waals surface area (Å²) in [5, 5.41) is 0. The van der Waals surface area contributed by atoms with Crippen molar-refractivity contribution in [2.24, 2.45) is 0 Å². The summed E-state index contributed by atoms with van der Waals surface area (Å²) < 4.78 is 4.96. The molecule has 0 saturated carbocycles.